The van der Waals surface area contributed by atoms with Gasteiger partial charge in [-0.3, -0.25) is 9.59 Å². The SMILES string of the molecule is Cc1ccc(C(=O)NC(=CC=Cc2ccccc2)C(=O)NC2CCCCC2)cc1. The highest BCUT2D eigenvalue weighted by molar-refractivity contribution is 6.03. The molecule has 0 heterocycles. The Hall–Kier alpha value is -3.14. The maximum absolute atomic E-state index is 12.8. The van der Waals surface area contributed by atoms with Crippen molar-refractivity contribution in [3.05, 3.63) is 89.1 Å². The van der Waals surface area contributed by atoms with Gasteiger partial charge in [-0.1, -0.05) is 79.4 Å². The molecule has 4 heteroatoms. The molecule has 29 heavy (non-hydrogen) atoms. The van der Waals surface area contributed by atoms with Crippen molar-refractivity contribution < 1.29 is 9.59 Å². The normalized spacial score (nSPS) is 15.3. The molecular weight excluding hydrogens is 360 g/mol. The van der Waals surface area contributed by atoms with E-state index in [9.17, 15) is 9.59 Å². The molecule has 0 aliphatic heterocycles. The van der Waals surface area contributed by atoms with Crippen molar-refractivity contribution in [2.45, 2.75) is 45.1 Å². The number of amides is 2. The van der Waals surface area contributed by atoms with Crippen LogP contribution >= 0.6 is 0 Å². The second kappa shape index (κ2) is 10.4. The molecule has 4 nitrogen and oxygen atoms in total. The van der Waals surface area contributed by atoms with Crippen LogP contribution in [0.2, 0.25) is 0 Å². The third-order valence-electron chi connectivity index (χ3n) is 5.10. The van der Waals surface area contributed by atoms with Gasteiger partial charge in [0, 0.05) is 11.6 Å². The summed E-state index contributed by atoms with van der Waals surface area (Å²) in [6.45, 7) is 1.97. The van der Waals surface area contributed by atoms with Gasteiger partial charge in [0.1, 0.15) is 5.70 Å². The fourth-order valence-electron chi connectivity index (χ4n) is 3.40. The van der Waals surface area contributed by atoms with Crippen molar-refractivity contribution in [1.29, 1.82) is 0 Å². The molecule has 3 rings (SSSR count). The summed E-state index contributed by atoms with van der Waals surface area (Å²) in [6.07, 6.45) is 10.8. The first-order valence-electron chi connectivity index (χ1n) is 10.2. The quantitative estimate of drug-likeness (QED) is 0.553. The molecule has 0 aromatic heterocycles. The van der Waals surface area contributed by atoms with Crippen LogP contribution in [0, 0.1) is 6.92 Å². The Bertz CT molecular complexity index is 877. The summed E-state index contributed by atoms with van der Waals surface area (Å²) in [5.74, 6) is -0.529. The van der Waals surface area contributed by atoms with E-state index in [4.69, 9.17) is 0 Å². The Morgan fingerprint density at radius 3 is 2.31 bits per heavy atom. The zero-order valence-corrected chi connectivity index (χ0v) is 16.9. The average molecular weight is 389 g/mol. The Labute approximate surface area is 172 Å². The van der Waals surface area contributed by atoms with Gasteiger partial charge < -0.3 is 10.6 Å². The topological polar surface area (TPSA) is 58.2 Å². The van der Waals surface area contributed by atoms with Gasteiger partial charge in [-0.05, 0) is 43.5 Å². The number of allylic oxidation sites excluding steroid dienone is 2. The molecule has 2 N–H and O–H groups in total. The molecule has 1 saturated carbocycles. The molecule has 0 radical (unpaired) electrons. The van der Waals surface area contributed by atoms with E-state index in [1.165, 1.54) is 6.42 Å². The number of hydrogen-bond donors (Lipinski definition) is 2. The number of aryl methyl sites for hydroxylation is 1. The second-order valence-corrected chi connectivity index (χ2v) is 7.48. The van der Waals surface area contributed by atoms with Crippen LogP contribution in [0.1, 0.15) is 53.6 Å². The summed E-state index contributed by atoms with van der Waals surface area (Å²) in [7, 11) is 0. The third kappa shape index (κ3) is 6.46. The highest BCUT2D eigenvalue weighted by atomic mass is 16.2. The first kappa shape index (κ1) is 20.6. The van der Waals surface area contributed by atoms with Gasteiger partial charge >= 0.3 is 0 Å². The molecule has 0 saturated heterocycles. The highest BCUT2D eigenvalue weighted by Crippen LogP contribution is 2.17. The number of carbonyl (C=O) groups excluding carboxylic acids is 2. The van der Waals surface area contributed by atoms with E-state index in [0.29, 0.717) is 5.56 Å². The lowest BCUT2D eigenvalue weighted by atomic mass is 9.95. The van der Waals surface area contributed by atoms with Crippen molar-refractivity contribution in [2.24, 2.45) is 0 Å². The van der Waals surface area contributed by atoms with Gasteiger partial charge in [0.2, 0.25) is 0 Å². The summed E-state index contributed by atoms with van der Waals surface area (Å²) in [5, 5.41) is 5.87. The van der Waals surface area contributed by atoms with E-state index in [-0.39, 0.29) is 23.6 Å². The molecule has 0 atom stereocenters. The Balaban J connectivity index is 1.74. The Kier molecular flexibility index (Phi) is 7.40. The van der Waals surface area contributed by atoms with Gasteiger partial charge in [-0.2, -0.15) is 0 Å². The van der Waals surface area contributed by atoms with Crippen LogP contribution in [0.25, 0.3) is 6.08 Å². The molecule has 1 fully saturated rings. The Morgan fingerprint density at radius 2 is 1.62 bits per heavy atom. The maximum atomic E-state index is 12.8. The summed E-state index contributed by atoms with van der Waals surface area (Å²) >= 11 is 0. The zero-order valence-electron chi connectivity index (χ0n) is 16.9. The number of hydrogen-bond acceptors (Lipinski definition) is 2. The fraction of sp³-hybridized carbons (Fsp3) is 0.280. The maximum Gasteiger partial charge on any atom is 0.268 e. The van der Waals surface area contributed by atoms with Crippen LogP contribution < -0.4 is 10.6 Å². The zero-order chi connectivity index (χ0) is 20.5. The van der Waals surface area contributed by atoms with Crippen LogP contribution in [0.15, 0.2) is 72.4 Å². The van der Waals surface area contributed by atoms with Crippen molar-refractivity contribution in [1.82, 2.24) is 10.6 Å². The van der Waals surface area contributed by atoms with Crippen molar-refractivity contribution in [3.8, 4) is 0 Å². The van der Waals surface area contributed by atoms with Crippen molar-refractivity contribution in [3.63, 3.8) is 0 Å². The lowest BCUT2D eigenvalue weighted by Crippen LogP contribution is -2.41. The molecule has 0 unspecified atom stereocenters. The molecule has 2 amide bonds. The van der Waals surface area contributed by atoms with E-state index in [1.54, 1.807) is 24.3 Å². The number of rotatable bonds is 6. The summed E-state index contributed by atoms with van der Waals surface area (Å²) in [5.41, 5.74) is 2.89. The summed E-state index contributed by atoms with van der Waals surface area (Å²) < 4.78 is 0. The lowest BCUT2D eigenvalue weighted by Gasteiger charge is -2.23. The molecule has 1 aliphatic carbocycles. The minimum absolute atomic E-state index is 0.175. The predicted molar refractivity (Wildman–Crippen MR) is 117 cm³/mol. The van der Waals surface area contributed by atoms with E-state index in [1.807, 2.05) is 55.5 Å². The highest BCUT2D eigenvalue weighted by Gasteiger charge is 2.19. The Morgan fingerprint density at radius 1 is 0.931 bits per heavy atom. The smallest absolute Gasteiger partial charge is 0.268 e. The van der Waals surface area contributed by atoms with E-state index < -0.39 is 0 Å². The van der Waals surface area contributed by atoms with Crippen molar-refractivity contribution in [2.75, 3.05) is 0 Å². The van der Waals surface area contributed by atoms with Gasteiger partial charge in [-0.15, -0.1) is 0 Å². The molecule has 150 valence electrons. The van der Waals surface area contributed by atoms with Crippen LogP contribution in [0.3, 0.4) is 0 Å². The van der Waals surface area contributed by atoms with Crippen LogP contribution in [-0.4, -0.2) is 17.9 Å². The lowest BCUT2D eigenvalue weighted by molar-refractivity contribution is -0.118. The molecular formula is C25H28N2O2. The first-order valence-corrected chi connectivity index (χ1v) is 10.2. The molecule has 2 aromatic rings. The standard InChI is InChI=1S/C25H28N2O2/c1-19-15-17-21(18-16-19)24(28)27-23(14-8-11-20-9-4-2-5-10-20)25(29)26-22-12-6-3-7-13-22/h2,4-5,8-11,14-18,22H,3,6-7,12-13H2,1H3,(H,26,29)(H,27,28). The molecule has 0 spiro atoms. The predicted octanol–water partition coefficient (Wildman–Crippen LogP) is 4.77. The van der Waals surface area contributed by atoms with Crippen molar-refractivity contribution >= 4 is 17.9 Å². The molecule has 1 aliphatic rings. The van der Waals surface area contributed by atoms with Gasteiger partial charge in [-0.25, -0.2) is 0 Å². The largest absolute Gasteiger partial charge is 0.348 e. The number of carbonyl (C=O) groups is 2. The average Bonchev–Trinajstić information content (AvgIpc) is 2.75. The van der Waals surface area contributed by atoms with Gasteiger partial charge in [0.25, 0.3) is 11.8 Å². The third-order valence-corrected chi connectivity index (χ3v) is 5.10. The summed E-state index contributed by atoms with van der Waals surface area (Å²) in [6, 6.07) is 17.3. The molecule has 2 aromatic carbocycles. The first-order chi connectivity index (χ1) is 14.1. The monoisotopic (exact) mass is 388 g/mol. The van der Waals surface area contributed by atoms with Crippen LogP contribution in [0.4, 0.5) is 0 Å². The van der Waals surface area contributed by atoms with Gasteiger partial charge in [0.05, 0.1) is 0 Å². The number of nitrogens with one attached hydrogen (secondary N) is 2. The van der Waals surface area contributed by atoms with Crippen LogP contribution in [0.5, 0.6) is 0 Å². The van der Waals surface area contributed by atoms with E-state index in [2.05, 4.69) is 10.6 Å². The minimum atomic E-state index is -0.289. The fourth-order valence-corrected chi connectivity index (χ4v) is 3.40. The molecule has 0 bridgehead atoms. The van der Waals surface area contributed by atoms with E-state index in [0.717, 1.165) is 36.8 Å². The van der Waals surface area contributed by atoms with Gasteiger partial charge in [0.15, 0.2) is 0 Å². The second-order valence-electron chi connectivity index (χ2n) is 7.48. The van der Waals surface area contributed by atoms with E-state index >= 15 is 0 Å². The minimum Gasteiger partial charge on any atom is -0.348 e. The summed E-state index contributed by atoms with van der Waals surface area (Å²) in [4.78, 5) is 25.5. The van der Waals surface area contributed by atoms with Crippen LogP contribution in [-0.2, 0) is 4.79 Å². The number of benzene rings is 2.